The lowest BCUT2D eigenvalue weighted by molar-refractivity contribution is -0.317. The molecule has 3 aliphatic rings. The third-order valence-electron chi connectivity index (χ3n) is 8.14. The molecule has 0 unspecified atom stereocenters. The second-order valence-electron chi connectivity index (χ2n) is 10.0. The summed E-state index contributed by atoms with van der Waals surface area (Å²) in [4.78, 5) is 0. The van der Waals surface area contributed by atoms with Gasteiger partial charge in [-0.25, -0.2) is 0 Å². The topological polar surface area (TPSA) is 69.9 Å². The SMILES string of the molecule is CC1(C)CCC[C@]2(C)[C@H]3CC[C@](C)([C@H](O)CO)O[C@]3(C)[C@@H](O)C[C@@H]12. The Balaban J connectivity index is 1.97. The van der Waals surface area contributed by atoms with E-state index in [1.165, 1.54) is 19.3 Å². The molecular weight excluding hydrogens is 304 g/mol. The van der Waals surface area contributed by atoms with E-state index < -0.39 is 23.4 Å². The maximum Gasteiger partial charge on any atom is 0.106 e. The maximum atomic E-state index is 11.1. The van der Waals surface area contributed by atoms with Gasteiger partial charge in [-0.3, -0.25) is 0 Å². The quantitative estimate of drug-likeness (QED) is 0.723. The summed E-state index contributed by atoms with van der Waals surface area (Å²) in [7, 11) is 0. The fraction of sp³-hybridized carbons (Fsp3) is 1.00. The molecule has 0 amide bonds. The lowest BCUT2D eigenvalue weighted by Gasteiger charge is -2.66. The van der Waals surface area contributed by atoms with Crippen molar-refractivity contribution in [3.8, 4) is 0 Å². The fourth-order valence-corrected chi connectivity index (χ4v) is 6.68. The van der Waals surface area contributed by atoms with Crippen LogP contribution >= 0.6 is 0 Å². The minimum atomic E-state index is -0.907. The van der Waals surface area contributed by atoms with E-state index in [1.54, 1.807) is 0 Å². The van der Waals surface area contributed by atoms with Crippen LogP contribution in [0.1, 0.15) is 73.1 Å². The van der Waals surface area contributed by atoms with Crippen molar-refractivity contribution in [3.05, 3.63) is 0 Å². The molecule has 4 heteroatoms. The Hall–Kier alpha value is -0.160. The molecule has 1 aliphatic heterocycles. The highest BCUT2D eigenvalue weighted by Crippen LogP contribution is 2.65. The normalized spacial score (nSPS) is 52.2. The first-order valence-corrected chi connectivity index (χ1v) is 9.67. The summed E-state index contributed by atoms with van der Waals surface area (Å²) in [5, 5.41) is 30.7. The van der Waals surface area contributed by atoms with Gasteiger partial charge in [-0.15, -0.1) is 0 Å². The van der Waals surface area contributed by atoms with Gasteiger partial charge in [0.2, 0.25) is 0 Å². The van der Waals surface area contributed by atoms with Gasteiger partial charge in [0.1, 0.15) is 6.10 Å². The van der Waals surface area contributed by atoms with Gasteiger partial charge in [0.15, 0.2) is 0 Å². The van der Waals surface area contributed by atoms with Crippen LogP contribution in [0.5, 0.6) is 0 Å². The highest BCUT2D eigenvalue weighted by Gasteiger charge is 2.65. The van der Waals surface area contributed by atoms with Crippen LogP contribution in [0.2, 0.25) is 0 Å². The standard InChI is InChI=1S/C20H36O4/c1-17(2)8-6-9-18(3)13-7-10-19(4,16(23)12-21)24-20(13,5)15(22)11-14(17)18/h13-16,21-23H,6-12H2,1-5H3/t13-,14+,15+,16-,18-,19-,20+/m1/s1. The van der Waals surface area contributed by atoms with E-state index in [-0.39, 0.29) is 23.4 Å². The van der Waals surface area contributed by atoms with Gasteiger partial charge in [-0.1, -0.05) is 27.2 Å². The lowest BCUT2D eigenvalue weighted by atomic mass is 9.43. The molecule has 24 heavy (non-hydrogen) atoms. The predicted octanol–water partition coefficient (Wildman–Crippen LogP) is 2.88. The Bertz CT molecular complexity index is 492. The van der Waals surface area contributed by atoms with Crippen molar-refractivity contribution in [3.63, 3.8) is 0 Å². The molecule has 1 saturated heterocycles. The van der Waals surface area contributed by atoms with Crippen LogP contribution in [-0.2, 0) is 4.74 Å². The lowest BCUT2D eigenvalue weighted by Crippen LogP contribution is -2.69. The van der Waals surface area contributed by atoms with Crippen LogP contribution in [0.4, 0.5) is 0 Å². The molecule has 1 heterocycles. The second kappa shape index (κ2) is 5.67. The van der Waals surface area contributed by atoms with Crippen molar-refractivity contribution < 1.29 is 20.1 Å². The van der Waals surface area contributed by atoms with E-state index in [1.807, 2.05) is 13.8 Å². The highest BCUT2D eigenvalue weighted by atomic mass is 16.6. The van der Waals surface area contributed by atoms with Gasteiger partial charge >= 0.3 is 0 Å². The maximum absolute atomic E-state index is 11.1. The molecular formula is C20H36O4. The number of aliphatic hydroxyl groups is 3. The second-order valence-corrected chi connectivity index (χ2v) is 10.0. The molecule has 140 valence electrons. The molecule has 4 nitrogen and oxygen atoms in total. The molecule has 0 bridgehead atoms. The first-order chi connectivity index (χ1) is 11.0. The first kappa shape index (κ1) is 18.6. The van der Waals surface area contributed by atoms with E-state index in [2.05, 4.69) is 20.8 Å². The van der Waals surface area contributed by atoms with Gasteiger partial charge in [-0.2, -0.15) is 0 Å². The van der Waals surface area contributed by atoms with Crippen molar-refractivity contribution in [1.29, 1.82) is 0 Å². The van der Waals surface area contributed by atoms with Crippen LogP contribution in [0.25, 0.3) is 0 Å². The third-order valence-corrected chi connectivity index (χ3v) is 8.14. The predicted molar refractivity (Wildman–Crippen MR) is 93.6 cm³/mol. The van der Waals surface area contributed by atoms with E-state index in [0.29, 0.717) is 5.92 Å². The summed E-state index contributed by atoms with van der Waals surface area (Å²) < 4.78 is 6.45. The van der Waals surface area contributed by atoms with Gasteiger partial charge in [0, 0.05) is 0 Å². The summed E-state index contributed by atoms with van der Waals surface area (Å²) in [6.45, 7) is 10.7. The van der Waals surface area contributed by atoms with Crippen molar-refractivity contribution in [1.82, 2.24) is 0 Å². The summed E-state index contributed by atoms with van der Waals surface area (Å²) in [6, 6.07) is 0. The zero-order chi connectivity index (χ0) is 18.0. The smallest absolute Gasteiger partial charge is 0.106 e. The largest absolute Gasteiger partial charge is 0.394 e. The summed E-state index contributed by atoms with van der Waals surface area (Å²) >= 11 is 0. The van der Waals surface area contributed by atoms with Gasteiger partial charge in [0.05, 0.1) is 23.9 Å². The Morgan fingerprint density at radius 2 is 1.71 bits per heavy atom. The van der Waals surface area contributed by atoms with Crippen molar-refractivity contribution >= 4 is 0 Å². The van der Waals surface area contributed by atoms with Crippen LogP contribution in [0.3, 0.4) is 0 Å². The molecule has 0 spiro atoms. The van der Waals surface area contributed by atoms with Gasteiger partial charge in [-0.05, 0) is 68.6 Å². The molecule has 7 atom stereocenters. The Kier molecular flexibility index (Phi) is 4.40. The Labute approximate surface area is 146 Å². The van der Waals surface area contributed by atoms with Crippen LogP contribution < -0.4 is 0 Å². The third kappa shape index (κ3) is 2.48. The molecule has 3 fully saturated rings. The molecule has 0 aromatic heterocycles. The Morgan fingerprint density at radius 3 is 2.33 bits per heavy atom. The fourth-order valence-electron chi connectivity index (χ4n) is 6.68. The van der Waals surface area contributed by atoms with E-state index in [4.69, 9.17) is 4.74 Å². The number of rotatable bonds is 2. The molecule has 2 saturated carbocycles. The minimum absolute atomic E-state index is 0.168. The number of hydrogen-bond donors (Lipinski definition) is 3. The minimum Gasteiger partial charge on any atom is -0.394 e. The van der Waals surface area contributed by atoms with E-state index >= 15 is 0 Å². The van der Waals surface area contributed by atoms with Crippen LogP contribution in [0, 0.1) is 22.7 Å². The monoisotopic (exact) mass is 340 g/mol. The van der Waals surface area contributed by atoms with Gasteiger partial charge < -0.3 is 20.1 Å². The van der Waals surface area contributed by atoms with E-state index in [0.717, 1.165) is 19.3 Å². The van der Waals surface area contributed by atoms with Crippen molar-refractivity contribution in [2.75, 3.05) is 6.61 Å². The number of aliphatic hydroxyl groups excluding tert-OH is 3. The number of fused-ring (bicyclic) bond motifs is 3. The van der Waals surface area contributed by atoms with Crippen molar-refractivity contribution in [2.24, 2.45) is 22.7 Å². The first-order valence-electron chi connectivity index (χ1n) is 9.67. The molecule has 0 radical (unpaired) electrons. The van der Waals surface area contributed by atoms with Crippen molar-refractivity contribution in [2.45, 2.75) is 96.6 Å². The summed E-state index contributed by atoms with van der Waals surface area (Å²) in [6.07, 6.45) is 4.65. The average molecular weight is 341 g/mol. The van der Waals surface area contributed by atoms with Crippen LogP contribution in [-0.4, -0.2) is 45.3 Å². The van der Waals surface area contributed by atoms with Gasteiger partial charge in [0.25, 0.3) is 0 Å². The average Bonchev–Trinajstić information content (AvgIpc) is 2.48. The molecule has 0 aromatic carbocycles. The Morgan fingerprint density at radius 1 is 1.04 bits per heavy atom. The zero-order valence-electron chi connectivity index (χ0n) is 16.0. The zero-order valence-corrected chi connectivity index (χ0v) is 16.0. The molecule has 3 rings (SSSR count). The summed E-state index contributed by atoms with van der Waals surface area (Å²) in [5.74, 6) is 0.792. The number of hydrogen-bond acceptors (Lipinski definition) is 4. The molecule has 3 N–H and O–H groups in total. The van der Waals surface area contributed by atoms with E-state index in [9.17, 15) is 15.3 Å². The number of ether oxygens (including phenoxy) is 1. The highest BCUT2D eigenvalue weighted by molar-refractivity contribution is 5.14. The summed E-state index contributed by atoms with van der Waals surface area (Å²) in [5.41, 5.74) is -1.02. The molecule has 2 aliphatic carbocycles. The molecule has 0 aromatic rings. The van der Waals surface area contributed by atoms with Crippen LogP contribution in [0.15, 0.2) is 0 Å².